The third-order valence-electron chi connectivity index (χ3n) is 6.15. The van der Waals surface area contributed by atoms with Crippen LogP contribution < -0.4 is 16.0 Å². The van der Waals surface area contributed by atoms with Crippen LogP contribution in [0.3, 0.4) is 0 Å². The van der Waals surface area contributed by atoms with Gasteiger partial charge in [0, 0.05) is 57.1 Å². The predicted molar refractivity (Wildman–Crippen MR) is 132 cm³/mol. The second-order valence-corrected chi connectivity index (χ2v) is 9.88. The fourth-order valence-corrected chi connectivity index (χ4v) is 5.29. The van der Waals surface area contributed by atoms with E-state index in [1.54, 1.807) is 34.8 Å². The van der Waals surface area contributed by atoms with E-state index in [1.807, 2.05) is 38.2 Å². The maximum Gasteiger partial charge on any atom is 0.260 e. The van der Waals surface area contributed by atoms with Crippen LogP contribution in [0.5, 0.6) is 0 Å². The van der Waals surface area contributed by atoms with Gasteiger partial charge in [-0.25, -0.2) is 4.52 Å². The number of carbonyl (C=O) groups is 2. The van der Waals surface area contributed by atoms with Gasteiger partial charge in [0.25, 0.3) is 5.91 Å². The molecule has 1 unspecified atom stereocenters. The van der Waals surface area contributed by atoms with E-state index in [0.717, 1.165) is 34.1 Å². The highest BCUT2D eigenvalue weighted by molar-refractivity contribution is 7.21. The number of ether oxygens (including phenoxy) is 1. The molecule has 11 nitrogen and oxygen atoms in total. The van der Waals surface area contributed by atoms with Crippen LogP contribution in [0.4, 0.5) is 0 Å². The van der Waals surface area contributed by atoms with Crippen molar-refractivity contribution >= 4 is 28.0 Å². The molecule has 2 amide bonds. The first-order valence-electron chi connectivity index (χ1n) is 11.3. The second-order valence-electron chi connectivity index (χ2n) is 8.85. The Morgan fingerprint density at radius 1 is 1.29 bits per heavy atom. The van der Waals surface area contributed by atoms with Crippen molar-refractivity contribution in [1.29, 1.82) is 0 Å². The summed E-state index contributed by atoms with van der Waals surface area (Å²) in [6.07, 6.45) is 9.16. The van der Waals surface area contributed by atoms with Crippen molar-refractivity contribution in [2.24, 2.45) is 7.05 Å². The summed E-state index contributed by atoms with van der Waals surface area (Å²) in [6.45, 7) is 5.70. The van der Waals surface area contributed by atoms with Crippen molar-refractivity contribution in [3.8, 4) is 10.4 Å². The van der Waals surface area contributed by atoms with E-state index < -0.39 is 0 Å². The first-order valence-corrected chi connectivity index (χ1v) is 12.1. The van der Waals surface area contributed by atoms with E-state index in [2.05, 4.69) is 26.1 Å². The van der Waals surface area contributed by atoms with Gasteiger partial charge in [0.15, 0.2) is 0 Å². The van der Waals surface area contributed by atoms with Crippen LogP contribution in [0.25, 0.3) is 15.3 Å². The van der Waals surface area contributed by atoms with Crippen molar-refractivity contribution < 1.29 is 14.3 Å². The summed E-state index contributed by atoms with van der Waals surface area (Å²) in [7, 11) is 3.56. The lowest BCUT2D eigenvalue weighted by atomic mass is 10.1. The minimum absolute atomic E-state index is 0.112. The summed E-state index contributed by atoms with van der Waals surface area (Å²) < 4.78 is 8.73. The lowest BCUT2D eigenvalue weighted by Gasteiger charge is -2.37. The number of nitrogens with zero attached hydrogens (tertiary/aromatic N) is 5. The van der Waals surface area contributed by atoms with Crippen LogP contribution in [0.15, 0.2) is 42.3 Å². The number of rotatable bonds is 7. The number of aryl methyl sites for hydroxylation is 2. The fraction of sp³-hybridized carbons (Fsp3) is 0.391. The van der Waals surface area contributed by atoms with Crippen molar-refractivity contribution in [2.75, 3.05) is 26.7 Å². The molecule has 5 rings (SSSR count). The van der Waals surface area contributed by atoms with Crippen molar-refractivity contribution in [1.82, 2.24) is 40.2 Å². The molecule has 0 spiro atoms. The molecule has 1 fully saturated rings. The predicted octanol–water partition coefficient (Wildman–Crippen LogP) is 0.998. The highest BCUT2D eigenvalue weighted by Gasteiger charge is 2.28. The zero-order valence-electron chi connectivity index (χ0n) is 20.0. The van der Waals surface area contributed by atoms with Crippen molar-refractivity contribution in [3.05, 3.63) is 53.5 Å². The number of allylic oxidation sites excluding steroid dienone is 1. The van der Waals surface area contributed by atoms with Crippen LogP contribution in [-0.4, -0.2) is 75.0 Å². The molecule has 0 radical (unpaired) electrons. The molecule has 35 heavy (non-hydrogen) atoms. The Bertz CT molecular complexity index is 1340. The highest BCUT2D eigenvalue weighted by atomic mass is 32.1. The van der Waals surface area contributed by atoms with Gasteiger partial charge < -0.3 is 20.7 Å². The molecular formula is C23H28N8O3S. The average molecular weight is 497 g/mol. The van der Waals surface area contributed by atoms with Gasteiger partial charge in [-0.1, -0.05) is 0 Å². The van der Waals surface area contributed by atoms with Gasteiger partial charge in [0.1, 0.15) is 4.83 Å². The van der Waals surface area contributed by atoms with Gasteiger partial charge in [-0.15, -0.1) is 11.3 Å². The Hall–Kier alpha value is -3.48. The maximum atomic E-state index is 13.2. The number of dihydropyridines is 1. The normalized spacial score (nSPS) is 18.6. The smallest absolute Gasteiger partial charge is 0.260 e. The van der Waals surface area contributed by atoms with E-state index in [-0.39, 0.29) is 24.0 Å². The largest absolute Gasteiger partial charge is 0.381 e. The molecule has 1 saturated heterocycles. The molecular weight excluding hydrogens is 468 g/mol. The van der Waals surface area contributed by atoms with Gasteiger partial charge >= 0.3 is 0 Å². The topological polar surface area (TPSA) is 118 Å². The summed E-state index contributed by atoms with van der Waals surface area (Å²) in [6, 6.07) is -0.125. The molecule has 3 N–H and O–H groups in total. The van der Waals surface area contributed by atoms with E-state index in [4.69, 9.17) is 4.74 Å². The lowest BCUT2D eigenvalue weighted by molar-refractivity contribution is -0.124. The first-order chi connectivity index (χ1) is 16.8. The van der Waals surface area contributed by atoms with Crippen LogP contribution in [-0.2, 0) is 16.6 Å². The number of nitrogens with one attached hydrogen (secondary N) is 3. The molecule has 184 valence electrons. The van der Waals surface area contributed by atoms with Gasteiger partial charge in [0.2, 0.25) is 5.91 Å². The summed E-state index contributed by atoms with van der Waals surface area (Å²) in [5.41, 5.74) is 3.68. The molecule has 0 bridgehead atoms. The van der Waals surface area contributed by atoms with Crippen LogP contribution in [0.2, 0.25) is 0 Å². The minimum atomic E-state index is -0.255. The highest BCUT2D eigenvalue weighted by Crippen LogP contribution is 2.32. The first kappa shape index (κ1) is 23.3. The summed E-state index contributed by atoms with van der Waals surface area (Å²) >= 11 is 1.50. The van der Waals surface area contributed by atoms with E-state index in [9.17, 15) is 9.59 Å². The van der Waals surface area contributed by atoms with Crippen LogP contribution >= 0.6 is 11.3 Å². The molecule has 0 aliphatic carbocycles. The van der Waals surface area contributed by atoms with Crippen LogP contribution in [0.1, 0.15) is 23.0 Å². The number of aromatic nitrogens is 4. The Labute approximate surface area is 206 Å². The number of amides is 2. The molecule has 0 saturated carbocycles. The van der Waals surface area contributed by atoms with Gasteiger partial charge in [-0.2, -0.15) is 10.2 Å². The standard InChI is InChI=1S/C23H28N8O3S/c1-13-18(10-29(3)28-13)20-11-31-23(35-20)17(7-25-31)22(33)27-19-5-15(6-24-14(19)2)26-21(32)12-30-8-16(9-30)34-4/h5-7,10-11,14,16,24H,8-9,12H2,1-4H3,(H,26,32)(H,27,33). The molecule has 3 aromatic heterocycles. The molecule has 3 aromatic rings. The number of thiazole rings is 1. The maximum absolute atomic E-state index is 13.2. The fourth-order valence-electron chi connectivity index (χ4n) is 4.17. The van der Waals surface area contributed by atoms with Gasteiger partial charge in [0.05, 0.1) is 46.7 Å². The second kappa shape index (κ2) is 9.29. The third kappa shape index (κ3) is 4.72. The monoisotopic (exact) mass is 496 g/mol. The van der Waals surface area contributed by atoms with Crippen molar-refractivity contribution in [2.45, 2.75) is 26.0 Å². The molecule has 5 heterocycles. The summed E-state index contributed by atoms with van der Waals surface area (Å²) in [5.74, 6) is -0.366. The Morgan fingerprint density at radius 2 is 2.09 bits per heavy atom. The van der Waals surface area contributed by atoms with Gasteiger partial charge in [-0.05, 0) is 19.9 Å². The van der Waals surface area contributed by atoms with Gasteiger partial charge in [-0.3, -0.25) is 19.2 Å². The SMILES string of the molecule is COC1CN(CC(=O)NC2=CNC(C)C(NC(=O)c3cnn4cc(-c5cn(C)nc5C)sc34)=C2)C1. The number of hydrogen-bond donors (Lipinski definition) is 3. The Morgan fingerprint density at radius 3 is 2.80 bits per heavy atom. The zero-order valence-corrected chi connectivity index (χ0v) is 20.8. The van der Waals surface area contributed by atoms with E-state index in [1.165, 1.54) is 11.3 Å². The number of fused-ring (bicyclic) bond motifs is 1. The number of likely N-dealkylation sites (tertiary alicyclic amines) is 1. The van der Waals surface area contributed by atoms with Crippen LogP contribution in [0, 0.1) is 6.92 Å². The molecule has 2 aliphatic rings. The Kier molecular flexibility index (Phi) is 6.17. The Balaban J connectivity index is 1.27. The van der Waals surface area contributed by atoms with E-state index >= 15 is 0 Å². The zero-order chi connectivity index (χ0) is 24.7. The molecule has 2 aliphatic heterocycles. The average Bonchev–Trinajstić information content (AvgIpc) is 3.46. The third-order valence-corrected chi connectivity index (χ3v) is 7.30. The minimum Gasteiger partial charge on any atom is -0.381 e. The molecule has 0 aromatic carbocycles. The molecule has 12 heteroatoms. The van der Waals surface area contributed by atoms with E-state index in [0.29, 0.717) is 23.5 Å². The van der Waals surface area contributed by atoms with Crippen molar-refractivity contribution in [3.63, 3.8) is 0 Å². The lowest BCUT2D eigenvalue weighted by Crippen LogP contribution is -2.54. The quantitative estimate of drug-likeness (QED) is 0.447. The summed E-state index contributed by atoms with van der Waals surface area (Å²) in [5, 5.41) is 17.8. The number of hydrogen-bond acceptors (Lipinski definition) is 8. The number of methoxy groups -OCH3 is 1. The number of carbonyl (C=O) groups excluding carboxylic acids is 2. The summed E-state index contributed by atoms with van der Waals surface area (Å²) in [4.78, 5) is 29.3. The molecule has 1 atom stereocenters.